The second kappa shape index (κ2) is 4.81. The molecule has 0 saturated heterocycles. The smallest absolute Gasteiger partial charge is 0.263 e. The summed E-state index contributed by atoms with van der Waals surface area (Å²) in [4.78, 5) is 0. The fourth-order valence-electron chi connectivity index (χ4n) is 2.03. The van der Waals surface area contributed by atoms with Crippen molar-refractivity contribution in [2.24, 2.45) is 5.92 Å². The Morgan fingerprint density at radius 3 is 2.69 bits per heavy atom. The van der Waals surface area contributed by atoms with Crippen molar-refractivity contribution < 1.29 is 8.78 Å². The highest BCUT2D eigenvalue weighted by Crippen LogP contribution is 2.35. The van der Waals surface area contributed by atoms with Gasteiger partial charge < -0.3 is 5.32 Å². The molecule has 1 aliphatic rings. The molecule has 0 amide bonds. The first kappa shape index (κ1) is 11.4. The molecular weight excluding hydrogens is 208 g/mol. The minimum atomic E-state index is -2.39. The highest BCUT2D eigenvalue weighted by Gasteiger charge is 2.29. The van der Waals surface area contributed by atoms with Gasteiger partial charge in [-0.3, -0.25) is 0 Å². The molecule has 1 aromatic carbocycles. The Balaban J connectivity index is 2.05. The normalized spacial score (nSPS) is 17.5. The van der Waals surface area contributed by atoms with Crippen molar-refractivity contribution in [3.05, 3.63) is 29.8 Å². The van der Waals surface area contributed by atoms with Gasteiger partial charge in [-0.1, -0.05) is 19.1 Å². The molecule has 3 heteroatoms. The van der Waals surface area contributed by atoms with Crippen LogP contribution in [-0.4, -0.2) is 6.04 Å². The summed E-state index contributed by atoms with van der Waals surface area (Å²) in [6.07, 6.45) is 1.19. The summed E-state index contributed by atoms with van der Waals surface area (Å²) in [5, 5.41) is 3.35. The predicted molar refractivity (Wildman–Crippen MR) is 61.8 cm³/mol. The van der Waals surface area contributed by atoms with Crippen LogP contribution in [0, 0.1) is 5.92 Å². The molecule has 0 aromatic heterocycles. The van der Waals surface area contributed by atoms with Gasteiger partial charge in [0.1, 0.15) is 0 Å². The van der Waals surface area contributed by atoms with Crippen molar-refractivity contribution in [3.8, 4) is 0 Å². The molecule has 1 aliphatic carbocycles. The topological polar surface area (TPSA) is 12.0 Å². The first-order chi connectivity index (χ1) is 7.70. The number of alkyl halides is 2. The van der Waals surface area contributed by atoms with Crippen molar-refractivity contribution in [1.82, 2.24) is 0 Å². The molecule has 1 N–H and O–H groups in total. The van der Waals surface area contributed by atoms with E-state index >= 15 is 0 Å². The summed E-state index contributed by atoms with van der Waals surface area (Å²) in [5.41, 5.74) is 0.909. The van der Waals surface area contributed by atoms with Crippen molar-refractivity contribution in [1.29, 1.82) is 0 Å². The number of anilines is 1. The zero-order valence-corrected chi connectivity index (χ0v) is 9.42. The van der Waals surface area contributed by atoms with E-state index in [1.165, 1.54) is 18.9 Å². The van der Waals surface area contributed by atoms with Crippen molar-refractivity contribution in [2.75, 3.05) is 5.32 Å². The van der Waals surface area contributed by atoms with Crippen LogP contribution in [0.25, 0.3) is 0 Å². The van der Waals surface area contributed by atoms with Gasteiger partial charge in [0.25, 0.3) is 6.43 Å². The highest BCUT2D eigenvalue weighted by atomic mass is 19.3. The van der Waals surface area contributed by atoms with Gasteiger partial charge in [-0.2, -0.15) is 0 Å². The second-order valence-corrected chi connectivity index (χ2v) is 4.42. The van der Waals surface area contributed by atoms with Crippen molar-refractivity contribution in [3.63, 3.8) is 0 Å². The van der Waals surface area contributed by atoms with Crippen LogP contribution < -0.4 is 5.32 Å². The molecule has 0 bridgehead atoms. The zero-order valence-electron chi connectivity index (χ0n) is 9.42. The van der Waals surface area contributed by atoms with E-state index in [1.54, 1.807) is 12.1 Å². The number of nitrogens with one attached hydrogen (secondary N) is 1. The summed E-state index contributed by atoms with van der Waals surface area (Å²) in [6, 6.07) is 7.00. The molecule has 1 saturated carbocycles. The molecule has 0 spiro atoms. The largest absolute Gasteiger partial charge is 0.382 e. The second-order valence-electron chi connectivity index (χ2n) is 4.42. The fraction of sp³-hybridized carbons (Fsp3) is 0.538. The number of benzene rings is 1. The maximum atomic E-state index is 12.5. The van der Waals surface area contributed by atoms with Crippen LogP contribution in [0.2, 0.25) is 0 Å². The molecule has 1 aromatic rings. The third-order valence-electron chi connectivity index (χ3n) is 3.12. The van der Waals surface area contributed by atoms with Gasteiger partial charge >= 0.3 is 0 Å². The molecule has 1 nitrogen and oxygen atoms in total. The van der Waals surface area contributed by atoms with Gasteiger partial charge in [0, 0.05) is 17.3 Å². The number of rotatable bonds is 5. The van der Waals surface area contributed by atoms with Crippen LogP contribution in [-0.2, 0) is 0 Å². The molecular formula is C13H17F2N. The van der Waals surface area contributed by atoms with Crippen molar-refractivity contribution in [2.45, 2.75) is 38.7 Å². The summed E-state index contributed by atoms with van der Waals surface area (Å²) in [7, 11) is 0. The summed E-state index contributed by atoms with van der Waals surface area (Å²) in [6.45, 7) is 2.13. The molecule has 1 fully saturated rings. The van der Waals surface area contributed by atoms with E-state index in [9.17, 15) is 8.78 Å². The molecule has 1 unspecified atom stereocenters. The number of halogens is 2. The fourth-order valence-corrected chi connectivity index (χ4v) is 2.03. The first-order valence-electron chi connectivity index (χ1n) is 5.85. The predicted octanol–water partition coefficient (Wildman–Crippen LogP) is 4.22. The third kappa shape index (κ3) is 2.71. The average molecular weight is 225 g/mol. The van der Waals surface area contributed by atoms with Gasteiger partial charge in [0.15, 0.2) is 0 Å². The zero-order chi connectivity index (χ0) is 11.5. The maximum absolute atomic E-state index is 12.5. The molecule has 1 atom stereocenters. The SMILES string of the molecule is CCC(Nc1cccc(C(F)F)c1)C1CC1. The third-order valence-corrected chi connectivity index (χ3v) is 3.12. The van der Waals surface area contributed by atoms with Gasteiger partial charge in [-0.15, -0.1) is 0 Å². The van der Waals surface area contributed by atoms with E-state index in [-0.39, 0.29) is 5.56 Å². The molecule has 2 rings (SSSR count). The lowest BCUT2D eigenvalue weighted by Gasteiger charge is -2.18. The van der Waals surface area contributed by atoms with Crippen LogP contribution in [0.1, 0.15) is 38.2 Å². The average Bonchev–Trinajstić information content (AvgIpc) is 3.10. The molecule has 0 heterocycles. The number of hydrogen-bond acceptors (Lipinski definition) is 1. The lowest BCUT2D eigenvalue weighted by molar-refractivity contribution is 0.151. The Morgan fingerprint density at radius 1 is 1.38 bits per heavy atom. The quantitative estimate of drug-likeness (QED) is 0.791. The van der Waals surface area contributed by atoms with E-state index < -0.39 is 6.43 Å². The Morgan fingerprint density at radius 2 is 2.12 bits per heavy atom. The van der Waals surface area contributed by atoms with Crippen LogP contribution in [0.3, 0.4) is 0 Å². The van der Waals surface area contributed by atoms with E-state index in [1.807, 2.05) is 6.07 Å². The van der Waals surface area contributed by atoms with Crippen LogP contribution in [0.4, 0.5) is 14.5 Å². The van der Waals surface area contributed by atoms with E-state index in [4.69, 9.17) is 0 Å². The molecule has 16 heavy (non-hydrogen) atoms. The first-order valence-corrected chi connectivity index (χ1v) is 5.85. The lowest BCUT2D eigenvalue weighted by Crippen LogP contribution is -2.20. The standard InChI is InChI=1S/C13H17F2N/c1-2-12(9-6-7-9)16-11-5-3-4-10(8-11)13(14)15/h3-5,8-9,12-13,16H,2,6-7H2,1H3. The van der Waals surface area contributed by atoms with E-state index in [2.05, 4.69) is 12.2 Å². The number of hydrogen-bond donors (Lipinski definition) is 1. The van der Waals surface area contributed by atoms with Gasteiger partial charge in [-0.05, 0) is 37.3 Å². The van der Waals surface area contributed by atoms with Gasteiger partial charge in [0.2, 0.25) is 0 Å². The van der Waals surface area contributed by atoms with Crippen molar-refractivity contribution >= 4 is 5.69 Å². The molecule has 0 radical (unpaired) electrons. The van der Waals surface area contributed by atoms with Crippen LogP contribution >= 0.6 is 0 Å². The summed E-state index contributed by atoms with van der Waals surface area (Å²) < 4.78 is 25.0. The highest BCUT2D eigenvalue weighted by molar-refractivity contribution is 5.47. The Kier molecular flexibility index (Phi) is 3.42. The molecule has 88 valence electrons. The molecule has 0 aliphatic heterocycles. The minimum Gasteiger partial charge on any atom is -0.382 e. The Hall–Kier alpha value is -1.12. The van der Waals surface area contributed by atoms with Gasteiger partial charge in [0.05, 0.1) is 0 Å². The monoisotopic (exact) mass is 225 g/mol. The Labute approximate surface area is 94.9 Å². The van der Waals surface area contributed by atoms with E-state index in [0.717, 1.165) is 18.0 Å². The maximum Gasteiger partial charge on any atom is 0.263 e. The van der Waals surface area contributed by atoms with Crippen LogP contribution in [0.5, 0.6) is 0 Å². The lowest BCUT2D eigenvalue weighted by atomic mass is 10.1. The summed E-state index contributed by atoms with van der Waals surface area (Å²) in [5.74, 6) is 0.736. The van der Waals surface area contributed by atoms with Crippen LogP contribution in [0.15, 0.2) is 24.3 Å². The minimum absolute atomic E-state index is 0.0932. The van der Waals surface area contributed by atoms with Gasteiger partial charge in [-0.25, -0.2) is 8.78 Å². The Bertz CT molecular complexity index is 348. The summed E-state index contributed by atoms with van der Waals surface area (Å²) >= 11 is 0. The van der Waals surface area contributed by atoms with E-state index in [0.29, 0.717) is 6.04 Å².